The largest absolute Gasteiger partial charge is 0.496 e. The maximum atomic E-state index is 6.54. The number of aryl methyl sites for hydroxylation is 14. The van der Waals surface area contributed by atoms with Gasteiger partial charge in [0, 0.05) is 10.8 Å². The lowest BCUT2D eigenvalue weighted by Gasteiger charge is -2.33. The zero-order valence-electron chi connectivity index (χ0n) is 55.3. The third-order valence-electron chi connectivity index (χ3n) is 17.2. The van der Waals surface area contributed by atoms with Crippen LogP contribution in [-0.4, -0.2) is 28.4 Å². The maximum Gasteiger partial charge on any atom is 0.133 e. The molecule has 8 rings (SSSR count). The molecule has 0 unspecified atom stereocenters. The standard InChI is InChI=1S/C39H48O4.C37H44O4/c1-21-15-31(16-22(2)35(21)40-13)42-37-25(5)19-33(27(7)29(37)9)39(11,12)34-20-26(6)38(30(10)28(34)8)43-32-17-23(3)36(41-14)24(4)18-32;1-21-13-29(14-22(2)35(21)40-31-17-25(5)33(38-11)26(6)18-31)37(9,10)30-15-23(3)36(24(4)16-30)41-32-19-27(7)34(39-12)28(8)20-32/h15-20H,1-14H3;13-20H,1-12H3. The number of hydrogen-bond donors (Lipinski definition) is 0. The number of benzene rings is 8. The van der Waals surface area contributed by atoms with Crippen LogP contribution in [0.5, 0.6) is 69.0 Å². The fourth-order valence-electron chi connectivity index (χ4n) is 12.6. The summed E-state index contributed by atoms with van der Waals surface area (Å²) in [6, 6.07) is 29.9. The molecule has 0 atom stereocenters. The van der Waals surface area contributed by atoms with Crippen LogP contribution in [0.25, 0.3) is 0 Å². The highest BCUT2D eigenvalue weighted by Gasteiger charge is 2.32. The van der Waals surface area contributed by atoms with Gasteiger partial charge in [0.15, 0.2) is 0 Å². The molecule has 0 aliphatic rings. The van der Waals surface area contributed by atoms with Crippen molar-refractivity contribution in [1.29, 1.82) is 0 Å². The molecular formula is C76H92O8. The Balaban J connectivity index is 0.000000241. The average molecular weight is 1130 g/mol. The molecular weight excluding hydrogens is 1040 g/mol. The molecule has 0 bridgehead atoms. The van der Waals surface area contributed by atoms with Crippen molar-refractivity contribution in [2.45, 2.75) is 163 Å². The van der Waals surface area contributed by atoms with Crippen LogP contribution in [0.1, 0.15) is 150 Å². The Labute approximate surface area is 503 Å². The second-order valence-electron chi connectivity index (χ2n) is 24.5. The fraction of sp³-hybridized carbons (Fsp3) is 0.368. The van der Waals surface area contributed by atoms with Crippen LogP contribution in [-0.2, 0) is 10.8 Å². The number of rotatable bonds is 16. The van der Waals surface area contributed by atoms with E-state index in [0.717, 1.165) is 158 Å². The highest BCUT2D eigenvalue weighted by atomic mass is 16.5. The lowest BCUT2D eigenvalue weighted by Crippen LogP contribution is -2.23. The molecule has 0 aliphatic carbocycles. The summed E-state index contributed by atoms with van der Waals surface area (Å²) in [6.45, 7) is 47.1. The first-order valence-electron chi connectivity index (χ1n) is 29.2. The van der Waals surface area contributed by atoms with E-state index in [1.807, 2.05) is 76.2 Å². The molecule has 0 aliphatic heterocycles. The van der Waals surface area contributed by atoms with Crippen molar-refractivity contribution in [3.63, 3.8) is 0 Å². The lowest BCUT2D eigenvalue weighted by molar-refractivity contribution is 0.406. The highest BCUT2D eigenvalue weighted by Crippen LogP contribution is 2.46. The predicted octanol–water partition coefficient (Wildman–Crippen LogP) is 20.8. The van der Waals surface area contributed by atoms with Crippen molar-refractivity contribution in [1.82, 2.24) is 0 Å². The number of hydrogen-bond acceptors (Lipinski definition) is 8. The maximum absolute atomic E-state index is 6.54. The molecule has 8 nitrogen and oxygen atoms in total. The van der Waals surface area contributed by atoms with Gasteiger partial charge in [-0.3, -0.25) is 0 Å². The predicted molar refractivity (Wildman–Crippen MR) is 348 cm³/mol. The van der Waals surface area contributed by atoms with Gasteiger partial charge in [-0.2, -0.15) is 0 Å². The fourth-order valence-corrected chi connectivity index (χ4v) is 12.6. The van der Waals surface area contributed by atoms with E-state index in [9.17, 15) is 0 Å². The van der Waals surface area contributed by atoms with E-state index < -0.39 is 0 Å². The second-order valence-corrected chi connectivity index (χ2v) is 24.5. The summed E-state index contributed by atoms with van der Waals surface area (Å²) in [5.74, 6) is 10.5. The first-order valence-corrected chi connectivity index (χ1v) is 29.2. The van der Waals surface area contributed by atoms with Gasteiger partial charge in [0.05, 0.1) is 28.4 Å². The van der Waals surface area contributed by atoms with Crippen molar-refractivity contribution in [2.24, 2.45) is 0 Å². The summed E-state index contributed by atoms with van der Waals surface area (Å²) in [4.78, 5) is 0. The molecule has 0 radical (unpaired) electrons. The van der Waals surface area contributed by atoms with Crippen molar-refractivity contribution in [3.8, 4) is 69.0 Å². The molecule has 0 saturated heterocycles. The minimum absolute atomic E-state index is 0.220. The Morgan fingerprint density at radius 3 is 0.619 bits per heavy atom. The summed E-state index contributed by atoms with van der Waals surface area (Å²) in [5.41, 5.74) is 24.6. The lowest BCUT2D eigenvalue weighted by atomic mass is 9.72. The van der Waals surface area contributed by atoms with Gasteiger partial charge in [0.1, 0.15) is 69.0 Å². The van der Waals surface area contributed by atoms with Crippen LogP contribution in [0.15, 0.2) is 84.9 Å². The Hall–Kier alpha value is -7.84. The molecule has 0 N–H and O–H groups in total. The Morgan fingerprint density at radius 2 is 0.405 bits per heavy atom. The normalized spacial score (nSPS) is 11.5. The van der Waals surface area contributed by atoms with Gasteiger partial charge in [-0.25, -0.2) is 0 Å². The summed E-state index contributed by atoms with van der Waals surface area (Å²) in [7, 11) is 6.83. The summed E-state index contributed by atoms with van der Waals surface area (Å²) in [6.07, 6.45) is 0. The van der Waals surface area contributed by atoms with Crippen molar-refractivity contribution < 1.29 is 37.9 Å². The molecule has 8 heteroatoms. The van der Waals surface area contributed by atoms with E-state index in [2.05, 4.69) is 161 Å². The van der Waals surface area contributed by atoms with Gasteiger partial charge < -0.3 is 37.9 Å². The molecule has 0 heterocycles. The van der Waals surface area contributed by atoms with E-state index in [-0.39, 0.29) is 10.8 Å². The third-order valence-corrected chi connectivity index (χ3v) is 17.2. The summed E-state index contributed by atoms with van der Waals surface area (Å²) >= 11 is 0. The molecule has 8 aromatic carbocycles. The quantitative estimate of drug-likeness (QED) is 0.0947. The molecule has 0 aromatic heterocycles. The zero-order valence-corrected chi connectivity index (χ0v) is 55.3. The van der Waals surface area contributed by atoms with Crippen LogP contribution < -0.4 is 37.9 Å². The van der Waals surface area contributed by atoms with Crippen LogP contribution >= 0.6 is 0 Å². The number of ether oxygens (including phenoxy) is 8. The van der Waals surface area contributed by atoms with Gasteiger partial charge in [0.2, 0.25) is 0 Å². The minimum Gasteiger partial charge on any atom is -0.496 e. The van der Waals surface area contributed by atoms with Gasteiger partial charge in [0.25, 0.3) is 0 Å². The summed E-state index contributed by atoms with van der Waals surface area (Å²) in [5, 5.41) is 0. The van der Waals surface area contributed by atoms with E-state index in [4.69, 9.17) is 37.9 Å². The summed E-state index contributed by atoms with van der Waals surface area (Å²) < 4.78 is 48.1. The molecule has 0 amide bonds. The topological polar surface area (TPSA) is 73.8 Å². The molecule has 444 valence electrons. The SMILES string of the molecule is COc1c(C)cc(Oc2c(C)cc(C(C)(C)c3cc(C)c(Oc4cc(C)c(OC)c(C)c4)c(C)c3)cc2C)cc1C.COc1c(C)cc(Oc2c(C)cc(C(C)(C)c3cc(C)c(Oc4cc(C)c(OC)c(C)c4)c(C)c3C)c(C)c2C)cc1C. The second kappa shape index (κ2) is 25.2. The molecule has 0 saturated carbocycles. The average Bonchev–Trinajstić information content (AvgIpc) is 1.48. The van der Waals surface area contributed by atoms with Crippen LogP contribution in [0, 0.1) is 125 Å². The smallest absolute Gasteiger partial charge is 0.133 e. The van der Waals surface area contributed by atoms with E-state index in [0.29, 0.717) is 0 Å². The minimum atomic E-state index is -0.239. The first kappa shape index (κ1) is 63.7. The van der Waals surface area contributed by atoms with Gasteiger partial charge in [-0.05, 0) is 296 Å². The van der Waals surface area contributed by atoms with Crippen LogP contribution in [0.3, 0.4) is 0 Å². The van der Waals surface area contributed by atoms with Crippen molar-refractivity contribution in [3.05, 3.63) is 207 Å². The van der Waals surface area contributed by atoms with E-state index in [1.165, 1.54) is 33.4 Å². The van der Waals surface area contributed by atoms with Crippen LogP contribution in [0.4, 0.5) is 0 Å². The molecule has 0 fully saturated rings. The van der Waals surface area contributed by atoms with E-state index in [1.54, 1.807) is 28.4 Å². The Bertz CT molecular complexity index is 3430. The van der Waals surface area contributed by atoms with E-state index >= 15 is 0 Å². The van der Waals surface area contributed by atoms with Gasteiger partial charge in [-0.1, -0.05) is 64.1 Å². The van der Waals surface area contributed by atoms with Gasteiger partial charge >= 0.3 is 0 Å². The highest BCUT2D eigenvalue weighted by molar-refractivity contribution is 5.61. The van der Waals surface area contributed by atoms with Gasteiger partial charge in [-0.15, -0.1) is 0 Å². The number of methoxy groups -OCH3 is 4. The zero-order chi connectivity index (χ0) is 62.2. The van der Waals surface area contributed by atoms with Crippen molar-refractivity contribution in [2.75, 3.05) is 28.4 Å². The Kier molecular flexibility index (Phi) is 19.1. The molecule has 0 spiro atoms. The van der Waals surface area contributed by atoms with Crippen molar-refractivity contribution >= 4 is 0 Å². The van der Waals surface area contributed by atoms with Crippen LogP contribution in [0.2, 0.25) is 0 Å². The molecule has 8 aromatic rings. The first-order chi connectivity index (χ1) is 39.4. The third kappa shape index (κ3) is 12.8. The Morgan fingerprint density at radius 1 is 0.214 bits per heavy atom. The molecule has 84 heavy (non-hydrogen) atoms. The monoisotopic (exact) mass is 1130 g/mol.